The van der Waals surface area contributed by atoms with Gasteiger partial charge in [-0.05, 0) is 42.9 Å². The average molecular weight is 398 g/mol. The molecule has 156 valence electrons. The standard InChI is InChI=1S/C23H31N3O3/c1-15(2)13-20(26-22(28)18-7-5-6-8-19(18)23(26)29)21(27)24-14-16-9-11-17(12-10-16)25(3)4/h5-6,9-12,15,18-20H,7-8,13-14H2,1-4H3,(H,24,27). The monoisotopic (exact) mass is 397 g/mol. The van der Waals surface area contributed by atoms with Crippen molar-refractivity contribution in [2.75, 3.05) is 19.0 Å². The van der Waals surface area contributed by atoms with Gasteiger partial charge in [-0.1, -0.05) is 38.1 Å². The topological polar surface area (TPSA) is 69.7 Å². The summed E-state index contributed by atoms with van der Waals surface area (Å²) in [6.07, 6.45) is 5.56. The van der Waals surface area contributed by atoms with Gasteiger partial charge in [0, 0.05) is 26.3 Å². The zero-order chi connectivity index (χ0) is 21.1. The molecule has 1 saturated heterocycles. The lowest BCUT2D eigenvalue weighted by Crippen LogP contribution is -2.50. The van der Waals surface area contributed by atoms with Crippen LogP contribution in [0.3, 0.4) is 0 Å². The number of nitrogens with zero attached hydrogens (tertiary/aromatic N) is 2. The minimum absolute atomic E-state index is 0.187. The highest BCUT2D eigenvalue weighted by molar-refractivity contribution is 6.08. The molecule has 3 unspecified atom stereocenters. The van der Waals surface area contributed by atoms with Crippen molar-refractivity contribution in [3.05, 3.63) is 42.0 Å². The highest BCUT2D eigenvalue weighted by Crippen LogP contribution is 2.37. The molecule has 3 rings (SSSR count). The van der Waals surface area contributed by atoms with E-state index in [2.05, 4.69) is 5.32 Å². The van der Waals surface area contributed by atoms with Crippen molar-refractivity contribution in [2.45, 2.75) is 45.7 Å². The van der Waals surface area contributed by atoms with Crippen molar-refractivity contribution in [3.8, 4) is 0 Å². The molecule has 1 N–H and O–H groups in total. The Hall–Kier alpha value is -2.63. The molecule has 6 heteroatoms. The Balaban J connectivity index is 1.72. The molecule has 1 aliphatic carbocycles. The fourth-order valence-electron chi connectivity index (χ4n) is 4.13. The summed E-state index contributed by atoms with van der Waals surface area (Å²) in [5.41, 5.74) is 2.06. The predicted octanol–water partition coefficient (Wildman–Crippen LogP) is 2.73. The van der Waals surface area contributed by atoms with Gasteiger partial charge in [-0.2, -0.15) is 0 Å². The molecule has 1 aliphatic heterocycles. The summed E-state index contributed by atoms with van der Waals surface area (Å²) in [5.74, 6) is -1.08. The van der Waals surface area contributed by atoms with E-state index in [0.717, 1.165) is 11.3 Å². The van der Waals surface area contributed by atoms with Gasteiger partial charge >= 0.3 is 0 Å². The van der Waals surface area contributed by atoms with Gasteiger partial charge in [-0.25, -0.2) is 0 Å². The Kier molecular flexibility index (Phi) is 6.40. The molecule has 29 heavy (non-hydrogen) atoms. The molecule has 0 radical (unpaired) electrons. The van der Waals surface area contributed by atoms with E-state index in [1.165, 1.54) is 4.90 Å². The highest BCUT2D eigenvalue weighted by atomic mass is 16.2. The first-order valence-corrected chi connectivity index (χ1v) is 10.4. The van der Waals surface area contributed by atoms with E-state index >= 15 is 0 Å². The summed E-state index contributed by atoms with van der Waals surface area (Å²) in [7, 11) is 3.95. The second-order valence-electron chi connectivity index (χ2n) is 8.63. The molecule has 3 amide bonds. The van der Waals surface area contributed by atoms with E-state index in [1.54, 1.807) is 0 Å². The van der Waals surface area contributed by atoms with E-state index in [1.807, 2.05) is 69.3 Å². The number of hydrogen-bond donors (Lipinski definition) is 1. The third-order valence-electron chi connectivity index (χ3n) is 5.77. The first-order chi connectivity index (χ1) is 13.8. The van der Waals surface area contributed by atoms with Crippen LogP contribution in [-0.4, -0.2) is 42.8 Å². The SMILES string of the molecule is CC(C)CC(C(=O)NCc1ccc(N(C)C)cc1)N1C(=O)C2CC=CCC2C1=O. The van der Waals surface area contributed by atoms with Crippen molar-refractivity contribution in [2.24, 2.45) is 17.8 Å². The van der Waals surface area contributed by atoms with E-state index < -0.39 is 6.04 Å². The maximum atomic E-state index is 13.0. The normalized spacial score (nSPS) is 22.0. The van der Waals surface area contributed by atoms with E-state index in [4.69, 9.17) is 0 Å². The number of rotatable bonds is 7. The van der Waals surface area contributed by atoms with E-state index in [0.29, 0.717) is 25.8 Å². The molecule has 6 nitrogen and oxygen atoms in total. The smallest absolute Gasteiger partial charge is 0.243 e. The van der Waals surface area contributed by atoms with Gasteiger partial charge in [0.25, 0.3) is 0 Å². The maximum Gasteiger partial charge on any atom is 0.243 e. The van der Waals surface area contributed by atoms with Crippen LogP contribution in [0.25, 0.3) is 0 Å². The number of nitrogens with one attached hydrogen (secondary N) is 1. The number of allylic oxidation sites excluding steroid dienone is 2. The first kappa shape index (κ1) is 21.1. The Labute approximate surface area is 172 Å². The summed E-state index contributed by atoms with van der Waals surface area (Å²) in [5, 5.41) is 2.94. The van der Waals surface area contributed by atoms with Crippen LogP contribution in [0.2, 0.25) is 0 Å². The van der Waals surface area contributed by atoms with Gasteiger partial charge in [0.05, 0.1) is 11.8 Å². The summed E-state index contributed by atoms with van der Waals surface area (Å²) >= 11 is 0. The van der Waals surface area contributed by atoms with Crippen molar-refractivity contribution in [3.63, 3.8) is 0 Å². The Morgan fingerprint density at radius 3 is 2.10 bits per heavy atom. The molecule has 0 spiro atoms. The van der Waals surface area contributed by atoms with Crippen LogP contribution in [0.1, 0.15) is 38.7 Å². The van der Waals surface area contributed by atoms with Crippen LogP contribution in [0, 0.1) is 17.8 Å². The summed E-state index contributed by atoms with van der Waals surface area (Å²) < 4.78 is 0. The van der Waals surface area contributed by atoms with Crippen LogP contribution in [0.15, 0.2) is 36.4 Å². The van der Waals surface area contributed by atoms with Crippen LogP contribution >= 0.6 is 0 Å². The lowest BCUT2D eigenvalue weighted by molar-refractivity contribution is -0.148. The Morgan fingerprint density at radius 2 is 1.62 bits per heavy atom. The number of hydrogen-bond acceptors (Lipinski definition) is 4. The lowest BCUT2D eigenvalue weighted by Gasteiger charge is -2.27. The molecule has 0 saturated carbocycles. The molecule has 0 bridgehead atoms. The van der Waals surface area contributed by atoms with E-state index in [9.17, 15) is 14.4 Å². The largest absolute Gasteiger partial charge is 0.378 e. The summed E-state index contributed by atoms with van der Waals surface area (Å²) in [6.45, 7) is 4.37. The van der Waals surface area contributed by atoms with Gasteiger partial charge in [0.15, 0.2) is 0 Å². The van der Waals surface area contributed by atoms with Gasteiger partial charge in [-0.3, -0.25) is 19.3 Å². The Morgan fingerprint density at radius 1 is 1.07 bits per heavy atom. The van der Waals surface area contributed by atoms with Crippen LogP contribution in [-0.2, 0) is 20.9 Å². The van der Waals surface area contributed by atoms with Gasteiger partial charge in [-0.15, -0.1) is 0 Å². The maximum absolute atomic E-state index is 13.0. The molecule has 0 aromatic heterocycles. The zero-order valence-corrected chi connectivity index (χ0v) is 17.7. The van der Waals surface area contributed by atoms with Crippen molar-refractivity contribution >= 4 is 23.4 Å². The van der Waals surface area contributed by atoms with Crippen molar-refractivity contribution in [1.29, 1.82) is 0 Å². The van der Waals surface area contributed by atoms with Gasteiger partial charge in [0.2, 0.25) is 17.7 Å². The first-order valence-electron chi connectivity index (χ1n) is 10.4. The molecule has 1 aromatic carbocycles. The van der Waals surface area contributed by atoms with Gasteiger partial charge in [0.1, 0.15) is 6.04 Å². The fraction of sp³-hybridized carbons (Fsp3) is 0.522. The summed E-state index contributed by atoms with van der Waals surface area (Å²) in [6, 6.07) is 7.19. The number of fused-ring (bicyclic) bond motifs is 1. The van der Waals surface area contributed by atoms with Crippen LogP contribution in [0.5, 0.6) is 0 Å². The number of anilines is 1. The quantitative estimate of drug-likeness (QED) is 0.567. The van der Waals surface area contributed by atoms with Gasteiger partial charge < -0.3 is 10.2 Å². The molecule has 1 aromatic rings. The number of amides is 3. The number of benzene rings is 1. The molecular formula is C23H31N3O3. The minimum Gasteiger partial charge on any atom is -0.378 e. The average Bonchev–Trinajstić information content (AvgIpc) is 2.95. The zero-order valence-electron chi connectivity index (χ0n) is 17.7. The minimum atomic E-state index is -0.748. The van der Waals surface area contributed by atoms with Crippen LogP contribution in [0.4, 0.5) is 5.69 Å². The molecule has 2 aliphatic rings. The molecule has 3 atom stereocenters. The fourth-order valence-corrected chi connectivity index (χ4v) is 4.13. The second kappa shape index (κ2) is 8.80. The number of imide groups is 1. The predicted molar refractivity (Wildman–Crippen MR) is 113 cm³/mol. The molecule has 1 heterocycles. The third-order valence-corrected chi connectivity index (χ3v) is 5.77. The number of carbonyl (C=O) groups excluding carboxylic acids is 3. The Bertz CT molecular complexity index is 772. The van der Waals surface area contributed by atoms with Crippen molar-refractivity contribution in [1.82, 2.24) is 10.2 Å². The lowest BCUT2D eigenvalue weighted by atomic mass is 9.85. The number of likely N-dealkylation sites (tertiary alicyclic amines) is 1. The highest BCUT2D eigenvalue weighted by Gasteiger charge is 2.51. The third kappa shape index (κ3) is 4.52. The molecule has 1 fully saturated rings. The summed E-state index contributed by atoms with van der Waals surface area (Å²) in [4.78, 5) is 42.2. The van der Waals surface area contributed by atoms with E-state index in [-0.39, 0.29) is 35.5 Å². The van der Waals surface area contributed by atoms with Crippen LogP contribution < -0.4 is 10.2 Å². The van der Waals surface area contributed by atoms with Crippen molar-refractivity contribution < 1.29 is 14.4 Å². The second-order valence-corrected chi connectivity index (χ2v) is 8.63. The number of carbonyl (C=O) groups is 3. The molecular weight excluding hydrogens is 366 g/mol.